The van der Waals surface area contributed by atoms with Crippen molar-refractivity contribution in [2.24, 2.45) is 0 Å². The monoisotopic (exact) mass is 333 g/mol. The van der Waals surface area contributed by atoms with E-state index < -0.39 is 0 Å². The van der Waals surface area contributed by atoms with E-state index >= 15 is 0 Å². The molecular weight excluding hydrogens is 310 g/mol. The fraction of sp³-hybridized carbons (Fsp3) is 0.562. The molecule has 0 saturated carbocycles. The molecule has 0 aliphatic carbocycles. The lowest BCUT2D eigenvalue weighted by molar-refractivity contribution is -0.132. The molecule has 1 unspecified atom stereocenters. The molecule has 3 heterocycles. The molecule has 1 fully saturated rings. The van der Waals surface area contributed by atoms with Gasteiger partial charge in [0.2, 0.25) is 5.91 Å². The second kappa shape index (κ2) is 7.70. The molecule has 0 N–H and O–H groups in total. The fourth-order valence-corrected chi connectivity index (χ4v) is 3.79. The first-order chi connectivity index (χ1) is 11.2. The van der Waals surface area contributed by atoms with E-state index in [1.54, 1.807) is 24.0 Å². The number of amides is 1. The molecule has 2 aromatic heterocycles. The van der Waals surface area contributed by atoms with Crippen molar-refractivity contribution in [3.63, 3.8) is 0 Å². The van der Waals surface area contributed by atoms with Crippen LogP contribution in [0, 0.1) is 0 Å². The maximum Gasteiger partial charge on any atom is 0.236 e. The summed E-state index contributed by atoms with van der Waals surface area (Å²) in [6, 6.07) is 4.46. The third-order valence-corrected chi connectivity index (χ3v) is 5.21. The lowest BCUT2D eigenvalue weighted by Gasteiger charge is -2.35. The van der Waals surface area contributed by atoms with E-state index in [1.807, 2.05) is 28.1 Å². The topological polar surface area (TPSA) is 54.3 Å². The van der Waals surface area contributed by atoms with E-state index in [0.717, 1.165) is 25.9 Å². The van der Waals surface area contributed by atoms with Gasteiger partial charge in [0.15, 0.2) is 0 Å². The Hall–Kier alpha value is -1.73. The molecule has 7 heteroatoms. The number of rotatable bonds is 6. The molecule has 23 heavy (non-hydrogen) atoms. The molecule has 2 aromatic rings. The van der Waals surface area contributed by atoms with Crippen LogP contribution in [0.5, 0.6) is 0 Å². The molecule has 124 valence electrons. The molecule has 6 nitrogen and oxygen atoms in total. The van der Waals surface area contributed by atoms with Gasteiger partial charge in [-0.25, -0.2) is 4.98 Å². The van der Waals surface area contributed by atoms with E-state index in [-0.39, 0.29) is 5.91 Å². The maximum absolute atomic E-state index is 12.5. The Morgan fingerprint density at radius 2 is 2.39 bits per heavy atom. The van der Waals surface area contributed by atoms with E-state index in [9.17, 15) is 4.79 Å². The summed E-state index contributed by atoms with van der Waals surface area (Å²) in [7, 11) is 1.89. The van der Waals surface area contributed by atoms with Crippen LogP contribution in [0.3, 0.4) is 0 Å². The number of likely N-dealkylation sites (N-methyl/N-ethyl adjacent to an activating group) is 1. The highest BCUT2D eigenvalue weighted by molar-refractivity contribution is 7.09. The summed E-state index contributed by atoms with van der Waals surface area (Å²) in [6.45, 7) is 2.97. The largest absolute Gasteiger partial charge is 0.340 e. The Bertz CT molecular complexity index is 598. The number of nitrogens with zero attached hydrogens (tertiary/aromatic N) is 5. The summed E-state index contributed by atoms with van der Waals surface area (Å²) >= 11 is 1.69. The van der Waals surface area contributed by atoms with Gasteiger partial charge in [-0.1, -0.05) is 12.5 Å². The number of hydrogen-bond acceptors (Lipinski definition) is 5. The van der Waals surface area contributed by atoms with Crippen LogP contribution in [0.1, 0.15) is 24.1 Å². The minimum Gasteiger partial charge on any atom is -0.340 e. The molecule has 1 atom stereocenters. The molecule has 3 rings (SSSR count). The van der Waals surface area contributed by atoms with Crippen molar-refractivity contribution in [2.75, 3.05) is 20.1 Å². The van der Waals surface area contributed by atoms with Crippen molar-refractivity contribution in [1.29, 1.82) is 0 Å². The summed E-state index contributed by atoms with van der Waals surface area (Å²) in [5.74, 6) is 0.184. The number of carbonyl (C=O) groups excluding carboxylic acids is 1. The number of hydrogen-bond donors (Lipinski definition) is 0. The number of piperidine rings is 1. The van der Waals surface area contributed by atoms with Crippen LogP contribution in [0.4, 0.5) is 0 Å². The predicted octanol–water partition coefficient (Wildman–Crippen LogP) is 1.85. The number of likely N-dealkylation sites (tertiary alicyclic amines) is 1. The van der Waals surface area contributed by atoms with Crippen molar-refractivity contribution in [2.45, 2.75) is 38.4 Å². The minimum absolute atomic E-state index is 0.184. The summed E-state index contributed by atoms with van der Waals surface area (Å²) in [5.41, 5.74) is 0. The Labute approximate surface area is 140 Å². The van der Waals surface area contributed by atoms with E-state index in [2.05, 4.69) is 21.0 Å². The second-order valence-electron chi connectivity index (χ2n) is 6.07. The van der Waals surface area contributed by atoms with Crippen LogP contribution in [-0.4, -0.2) is 56.7 Å². The molecule has 0 spiro atoms. The van der Waals surface area contributed by atoms with Crippen molar-refractivity contribution in [3.05, 3.63) is 35.0 Å². The van der Waals surface area contributed by atoms with Crippen molar-refractivity contribution in [3.8, 4) is 0 Å². The smallest absolute Gasteiger partial charge is 0.236 e. The van der Waals surface area contributed by atoms with Gasteiger partial charge < -0.3 is 4.90 Å². The maximum atomic E-state index is 12.5. The van der Waals surface area contributed by atoms with Crippen molar-refractivity contribution in [1.82, 2.24) is 24.6 Å². The number of thiophene rings is 1. The molecule has 1 saturated heterocycles. The standard InChI is InChI=1S/C16H23N5OS/c1-19(10-15-6-4-8-23-15)16(22)11-20-7-3-2-5-14(20)9-21-13-17-12-18-21/h4,6,8,12-14H,2-3,5,7,9-11H2,1H3. The highest BCUT2D eigenvalue weighted by Gasteiger charge is 2.26. The normalized spacial score (nSPS) is 18.9. The molecular formula is C16H23N5OS. The van der Waals surface area contributed by atoms with Gasteiger partial charge in [-0.2, -0.15) is 5.10 Å². The van der Waals surface area contributed by atoms with Crippen LogP contribution < -0.4 is 0 Å². The Balaban J connectivity index is 1.56. The minimum atomic E-state index is 0.184. The zero-order chi connectivity index (χ0) is 16.1. The SMILES string of the molecule is CN(Cc1cccs1)C(=O)CN1CCCCC1Cn1cncn1. The Kier molecular flexibility index (Phi) is 5.40. The number of carbonyl (C=O) groups is 1. The van der Waals surface area contributed by atoms with Gasteiger partial charge in [-0.15, -0.1) is 11.3 Å². The molecule has 0 aromatic carbocycles. The third-order valence-electron chi connectivity index (χ3n) is 4.35. The van der Waals surface area contributed by atoms with Gasteiger partial charge in [-0.3, -0.25) is 14.4 Å². The van der Waals surface area contributed by atoms with Crippen LogP contribution in [0.15, 0.2) is 30.2 Å². The average molecular weight is 333 g/mol. The Morgan fingerprint density at radius 3 is 3.13 bits per heavy atom. The van der Waals surface area contributed by atoms with Gasteiger partial charge in [0.05, 0.1) is 19.6 Å². The van der Waals surface area contributed by atoms with Gasteiger partial charge in [0.1, 0.15) is 12.7 Å². The van der Waals surface area contributed by atoms with E-state index in [0.29, 0.717) is 19.1 Å². The molecule has 1 amide bonds. The van der Waals surface area contributed by atoms with Crippen LogP contribution >= 0.6 is 11.3 Å². The van der Waals surface area contributed by atoms with E-state index in [1.165, 1.54) is 11.3 Å². The zero-order valence-corrected chi connectivity index (χ0v) is 14.3. The third kappa shape index (κ3) is 4.39. The first kappa shape index (κ1) is 16.1. The molecule has 1 aliphatic rings. The Morgan fingerprint density at radius 1 is 1.48 bits per heavy atom. The van der Waals surface area contributed by atoms with Crippen LogP contribution in [0.25, 0.3) is 0 Å². The van der Waals surface area contributed by atoms with Crippen molar-refractivity contribution < 1.29 is 4.79 Å². The van der Waals surface area contributed by atoms with Gasteiger partial charge in [0, 0.05) is 18.0 Å². The van der Waals surface area contributed by atoms with Gasteiger partial charge >= 0.3 is 0 Å². The van der Waals surface area contributed by atoms with Crippen LogP contribution in [0.2, 0.25) is 0 Å². The average Bonchev–Trinajstić information content (AvgIpc) is 3.23. The molecule has 0 bridgehead atoms. The highest BCUT2D eigenvalue weighted by Crippen LogP contribution is 2.19. The van der Waals surface area contributed by atoms with Crippen LogP contribution in [-0.2, 0) is 17.9 Å². The summed E-state index contributed by atoms with van der Waals surface area (Å²) in [5, 5.41) is 6.24. The number of aromatic nitrogens is 3. The second-order valence-corrected chi connectivity index (χ2v) is 7.10. The summed E-state index contributed by atoms with van der Waals surface area (Å²) in [4.78, 5) is 21.9. The van der Waals surface area contributed by atoms with E-state index in [4.69, 9.17) is 0 Å². The molecule has 1 aliphatic heterocycles. The molecule has 0 radical (unpaired) electrons. The lowest BCUT2D eigenvalue weighted by atomic mass is 10.0. The summed E-state index contributed by atoms with van der Waals surface area (Å²) in [6.07, 6.45) is 6.80. The zero-order valence-electron chi connectivity index (χ0n) is 13.5. The first-order valence-corrected chi connectivity index (χ1v) is 8.93. The van der Waals surface area contributed by atoms with Gasteiger partial charge in [-0.05, 0) is 30.8 Å². The quantitative estimate of drug-likeness (QED) is 0.810. The van der Waals surface area contributed by atoms with Crippen molar-refractivity contribution >= 4 is 17.2 Å². The lowest BCUT2D eigenvalue weighted by Crippen LogP contribution is -2.47. The highest BCUT2D eigenvalue weighted by atomic mass is 32.1. The predicted molar refractivity (Wildman–Crippen MR) is 90.0 cm³/mol. The fourth-order valence-electron chi connectivity index (χ4n) is 3.04. The summed E-state index contributed by atoms with van der Waals surface area (Å²) < 4.78 is 1.86. The van der Waals surface area contributed by atoms with Gasteiger partial charge in [0.25, 0.3) is 0 Å². The first-order valence-electron chi connectivity index (χ1n) is 8.05.